The second kappa shape index (κ2) is 11.2. The van der Waals surface area contributed by atoms with E-state index in [1.54, 1.807) is 36.5 Å². The van der Waals surface area contributed by atoms with Crippen LogP contribution in [0.3, 0.4) is 0 Å². The molecule has 0 radical (unpaired) electrons. The first kappa shape index (κ1) is 24.5. The Bertz CT molecular complexity index is 1110. The molecule has 35 heavy (non-hydrogen) atoms. The number of nitrogens with one attached hydrogen (secondary N) is 1. The lowest BCUT2D eigenvalue weighted by atomic mass is 10.1. The lowest BCUT2D eigenvalue weighted by Gasteiger charge is -2.24. The summed E-state index contributed by atoms with van der Waals surface area (Å²) >= 11 is 0. The molecule has 184 valence electrons. The summed E-state index contributed by atoms with van der Waals surface area (Å²) in [5.41, 5.74) is 0.285. The first-order valence-electron chi connectivity index (χ1n) is 11.4. The average molecular weight is 485 g/mol. The van der Waals surface area contributed by atoms with Crippen molar-refractivity contribution < 1.29 is 22.7 Å². The van der Waals surface area contributed by atoms with E-state index in [0.717, 1.165) is 24.8 Å². The number of anilines is 2. The van der Waals surface area contributed by atoms with Crippen LogP contribution in [0.2, 0.25) is 0 Å². The molecule has 4 rings (SSSR count). The third-order valence-electron chi connectivity index (χ3n) is 5.77. The van der Waals surface area contributed by atoms with Crippen LogP contribution >= 0.6 is 0 Å². The van der Waals surface area contributed by atoms with E-state index < -0.39 is 11.7 Å². The summed E-state index contributed by atoms with van der Waals surface area (Å²) in [4.78, 5) is 20.8. The zero-order valence-electron chi connectivity index (χ0n) is 19.2. The van der Waals surface area contributed by atoms with Gasteiger partial charge in [-0.25, -0.2) is 4.98 Å². The van der Waals surface area contributed by atoms with Crippen LogP contribution in [0.1, 0.15) is 17.5 Å². The molecular weight excluding hydrogens is 457 g/mol. The second-order valence-electron chi connectivity index (χ2n) is 8.33. The molecule has 2 aromatic carbocycles. The summed E-state index contributed by atoms with van der Waals surface area (Å²) in [6, 6.07) is 18.5. The van der Waals surface area contributed by atoms with Crippen LogP contribution in [0.5, 0.6) is 5.75 Å². The number of carbonyl (C=O) groups excluding carboxylic acids is 1. The van der Waals surface area contributed by atoms with Gasteiger partial charge in [0.2, 0.25) is 0 Å². The van der Waals surface area contributed by atoms with Gasteiger partial charge in [0.15, 0.2) is 6.61 Å². The Morgan fingerprint density at radius 3 is 2.46 bits per heavy atom. The molecule has 1 aliphatic heterocycles. The highest BCUT2D eigenvalue weighted by molar-refractivity contribution is 5.91. The van der Waals surface area contributed by atoms with Crippen LogP contribution in [-0.2, 0) is 17.5 Å². The predicted octanol–water partition coefficient (Wildman–Crippen LogP) is 4.83. The van der Waals surface area contributed by atoms with Crippen LogP contribution in [0.25, 0.3) is 0 Å². The van der Waals surface area contributed by atoms with Gasteiger partial charge < -0.3 is 15.0 Å². The summed E-state index contributed by atoms with van der Waals surface area (Å²) in [5, 5.41) is 2.76. The average Bonchev–Trinajstić information content (AvgIpc) is 3.09. The summed E-state index contributed by atoms with van der Waals surface area (Å²) in [7, 11) is 0. The van der Waals surface area contributed by atoms with Crippen molar-refractivity contribution in [2.24, 2.45) is 0 Å². The molecule has 3 aromatic rings. The van der Waals surface area contributed by atoms with Gasteiger partial charge in [0.05, 0.1) is 17.4 Å². The lowest BCUT2D eigenvalue weighted by molar-refractivity contribution is -0.138. The number of para-hydroxylation sites is 1. The molecule has 0 unspecified atom stereocenters. The number of pyridine rings is 1. The largest absolute Gasteiger partial charge is 0.484 e. The number of carbonyl (C=O) groups is 1. The molecule has 0 saturated carbocycles. The van der Waals surface area contributed by atoms with Crippen molar-refractivity contribution in [3.63, 3.8) is 0 Å². The van der Waals surface area contributed by atoms with Crippen LogP contribution < -0.4 is 15.0 Å². The Balaban J connectivity index is 1.29. The summed E-state index contributed by atoms with van der Waals surface area (Å²) in [6.07, 6.45) is -1.95. The van der Waals surface area contributed by atoms with Crippen LogP contribution in [0.15, 0.2) is 72.9 Å². The number of amides is 1. The van der Waals surface area contributed by atoms with Crippen molar-refractivity contribution in [3.05, 3.63) is 84.1 Å². The van der Waals surface area contributed by atoms with Crippen LogP contribution in [0.4, 0.5) is 24.7 Å². The number of nitrogens with zero attached hydrogens (tertiary/aromatic N) is 3. The monoisotopic (exact) mass is 484 g/mol. The SMILES string of the molecule is O=C(COc1ccccc1)Nc1ccc(N2CCCN(Cc3ccccc3C(F)(F)F)CC2)nc1. The van der Waals surface area contributed by atoms with Gasteiger partial charge in [0.25, 0.3) is 5.91 Å². The van der Waals surface area contributed by atoms with E-state index in [4.69, 9.17) is 4.74 Å². The number of halogens is 3. The summed E-state index contributed by atoms with van der Waals surface area (Å²) in [6.45, 7) is 2.89. The van der Waals surface area contributed by atoms with Gasteiger partial charge >= 0.3 is 6.18 Å². The number of hydrogen-bond donors (Lipinski definition) is 1. The van der Waals surface area contributed by atoms with Crippen molar-refractivity contribution in [1.82, 2.24) is 9.88 Å². The highest BCUT2D eigenvalue weighted by Crippen LogP contribution is 2.32. The number of alkyl halides is 3. The fraction of sp³-hybridized carbons (Fsp3) is 0.308. The fourth-order valence-corrected chi connectivity index (χ4v) is 4.04. The maximum Gasteiger partial charge on any atom is 0.416 e. The van der Waals surface area contributed by atoms with Gasteiger partial charge in [-0.15, -0.1) is 0 Å². The highest BCUT2D eigenvalue weighted by atomic mass is 19.4. The maximum absolute atomic E-state index is 13.3. The number of rotatable bonds is 7. The van der Waals surface area contributed by atoms with Crippen molar-refractivity contribution in [2.75, 3.05) is 43.0 Å². The van der Waals surface area contributed by atoms with Gasteiger partial charge in [0.1, 0.15) is 11.6 Å². The molecule has 0 spiro atoms. The molecule has 1 amide bonds. The van der Waals surface area contributed by atoms with E-state index in [1.807, 2.05) is 29.2 Å². The minimum atomic E-state index is -4.36. The van der Waals surface area contributed by atoms with Gasteiger partial charge in [-0.3, -0.25) is 9.69 Å². The fourth-order valence-electron chi connectivity index (χ4n) is 4.04. The normalized spacial score (nSPS) is 14.9. The predicted molar refractivity (Wildman–Crippen MR) is 128 cm³/mol. The van der Waals surface area contributed by atoms with E-state index in [1.165, 1.54) is 6.07 Å². The first-order valence-corrected chi connectivity index (χ1v) is 11.4. The lowest BCUT2D eigenvalue weighted by Crippen LogP contribution is -2.31. The third-order valence-corrected chi connectivity index (χ3v) is 5.77. The highest BCUT2D eigenvalue weighted by Gasteiger charge is 2.33. The topological polar surface area (TPSA) is 57.7 Å². The van der Waals surface area contributed by atoms with E-state index >= 15 is 0 Å². The van der Waals surface area contributed by atoms with Gasteiger partial charge in [-0.05, 0) is 42.3 Å². The zero-order chi connectivity index (χ0) is 24.7. The molecule has 1 aromatic heterocycles. The summed E-state index contributed by atoms with van der Waals surface area (Å²) in [5.74, 6) is 1.10. The van der Waals surface area contributed by atoms with Crippen LogP contribution in [0, 0.1) is 0 Å². The molecule has 0 bridgehead atoms. The minimum absolute atomic E-state index is 0.106. The number of aromatic nitrogens is 1. The van der Waals surface area contributed by atoms with Crippen molar-refractivity contribution in [1.29, 1.82) is 0 Å². The van der Waals surface area contributed by atoms with Crippen molar-refractivity contribution in [3.8, 4) is 5.75 Å². The Morgan fingerprint density at radius 2 is 1.71 bits per heavy atom. The third kappa shape index (κ3) is 6.95. The summed E-state index contributed by atoms with van der Waals surface area (Å²) < 4.78 is 45.4. The molecule has 6 nitrogen and oxygen atoms in total. The molecule has 9 heteroatoms. The van der Waals surface area contributed by atoms with Gasteiger partial charge in [-0.2, -0.15) is 13.2 Å². The molecular formula is C26H27F3N4O2. The smallest absolute Gasteiger partial charge is 0.416 e. The number of ether oxygens (including phenoxy) is 1. The van der Waals surface area contributed by atoms with E-state index in [9.17, 15) is 18.0 Å². The van der Waals surface area contributed by atoms with E-state index in [-0.39, 0.29) is 19.1 Å². The molecule has 1 aliphatic rings. The molecule has 2 heterocycles. The Labute approximate surface area is 202 Å². The quantitative estimate of drug-likeness (QED) is 0.521. The molecule has 1 fully saturated rings. The number of benzene rings is 2. The number of hydrogen-bond acceptors (Lipinski definition) is 5. The standard InChI is InChI=1S/C26H27F3N4O2/c27-26(28,29)23-10-5-4-7-20(23)18-32-13-6-14-33(16-15-32)24-12-11-21(17-30-24)31-25(34)19-35-22-8-2-1-3-9-22/h1-5,7-12,17H,6,13-16,18-19H2,(H,31,34). The van der Waals surface area contributed by atoms with Crippen molar-refractivity contribution >= 4 is 17.4 Å². The van der Waals surface area contributed by atoms with Crippen LogP contribution in [-0.4, -0.2) is 48.6 Å². The molecule has 0 aliphatic carbocycles. The first-order chi connectivity index (χ1) is 16.9. The zero-order valence-corrected chi connectivity index (χ0v) is 19.2. The van der Waals surface area contributed by atoms with E-state index in [2.05, 4.69) is 15.2 Å². The minimum Gasteiger partial charge on any atom is -0.484 e. The molecule has 0 atom stereocenters. The van der Waals surface area contributed by atoms with Gasteiger partial charge in [-0.1, -0.05) is 36.4 Å². The Morgan fingerprint density at radius 1 is 0.943 bits per heavy atom. The van der Waals surface area contributed by atoms with E-state index in [0.29, 0.717) is 36.6 Å². The second-order valence-corrected chi connectivity index (χ2v) is 8.33. The van der Waals surface area contributed by atoms with Crippen molar-refractivity contribution in [2.45, 2.75) is 19.1 Å². The van der Waals surface area contributed by atoms with Gasteiger partial charge in [0, 0.05) is 32.7 Å². The molecule has 1 saturated heterocycles. The molecule has 1 N–H and O–H groups in total. The Hall–Kier alpha value is -3.59. The maximum atomic E-state index is 13.3. The Kier molecular flexibility index (Phi) is 7.87.